The van der Waals surface area contributed by atoms with Crippen LogP contribution in [0.5, 0.6) is 0 Å². The lowest BCUT2D eigenvalue weighted by Crippen LogP contribution is -2.27. The summed E-state index contributed by atoms with van der Waals surface area (Å²) in [5.74, 6) is -1.28. The Morgan fingerprint density at radius 3 is 2.70 bits per heavy atom. The summed E-state index contributed by atoms with van der Waals surface area (Å²) in [7, 11) is -2.49. The highest BCUT2D eigenvalue weighted by molar-refractivity contribution is 7.89. The monoisotopic (exact) mass is 295 g/mol. The van der Waals surface area contributed by atoms with E-state index in [1.54, 1.807) is 6.20 Å². The second-order valence-electron chi connectivity index (χ2n) is 4.17. The molecule has 0 unspecified atom stereocenters. The van der Waals surface area contributed by atoms with E-state index in [9.17, 15) is 13.2 Å². The normalized spacial score (nSPS) is 11.7. The van der Waals surface area contributed by atoms with Crippen LogP contribution < -0.4 is 0 Å². The molecule has 1 heterocycles. The number of aromatic carboxylic acids is 1. The number of aromatic nitrogens is 2. The highest BCUT2D eigenvalue weighted by Gasteiger charge is 2.26. The van der Waals surface area contributed by atoms with E-state index in [4.69, 9.17) is 5.11 Å². The molecular formula is C12H13N3O4S. The second kappa shape index (κ2) is 5.43. The van der Waals surface area contributed by atoms with E-state index in [0.717, 1.165) is 4.31 Å². The largest absolute Gasteiger partial charge is 0.478 e. The third kappa shape index (κ3) is 2.70. The van der Waals surface area contributed by atoms with Gasteiger partial charge in [-0.2, -0.15) is 9.40 Å². The summed E-state index contributed by atoms with van der Waals surface area (Å²) in [5, 5.41) is 15.4. The molecular weight excluding hydrogens is 282 g/mol. The minimum atomic E-state index is -3.88. The number of carbonyl (C=O) groups is 1. The van der Waals surface area contributed by atoms with Gasteiger partial charge in [-0.3, -0.25) is 5.10 Å². The van der Waals surface area contributed by atoms with Crippen LogP contribution in [0.3, 0.4) is 0 Å². The quantitative estimate of drug-likeness (QED) is 0.854. The number of nitrogens with one attached hydrogen (secondary N) is 1. The van der Waals surface area contributed by atoms with E-state index in [2.05, 4.69) is 10.2 Å². The molecule has 2 rings (SSSR count). The molecule has 2 aromatic rings. The van der Waals surface area contributed by atoms with Crippen LogP contribution in [0.15, 0.2) is 41.6 Å². The molecule has 7 nitrogen and oxygen atoms in total. The summed E-state index contributed by atoms with van der Waals surface area (Å²) in [5.41, 5.74) is 0.440. The molecule has 0 amide bonds. The maximum atomic E-state index is 12.4. The average molecular weight is 295 g/mol. The van der Waals surface area contributed by atoms with Crippen molar-refractivity contribution in [3.8, 4) is 0 Å². The van der Waals surface area contributed by atoms with Gasteiger partial charge in [0, 0.05) is 25.4 Å². The first-order valence-electron chi connectivity index (χ1n) is 5.69. The molecule has 0 radical (unpaired) electrons. The van der Waals surface area contributed by atoms with Crippen molar-refractivity contribution < 1.29 is 18.3 Å². The van der Waals surface area contributed by atoms with Gasteiger partial charge in [0.25, 0.3) is 0 Å². The van der Waals surface area contributed by atoms with Gasteiger partial charge in [0.2, 0.25) is 10.0 Å². The van der Waals surface area contributed by atoms with Gasteiger partial charge in [0.05, 0.1) is 16.7 Å². The van der Waals surface area contributed by atoms with Gasteiger partial charge in [-0.05, 0) is 12.1 Å². The fourth-order valence-corrected chi connectivity index (χ4v) is 3.08. The zero-order valence-electron chi connectivity index (χ0n) is 10.6. The third-order valence-corrected chi connectivity index (χ3v) is 4.63. The zero-order valence-corrected chi connectivity index (χ0v) is 11.5. The molecule has 0 aliphatic carbocycles. The van der Waals surface area contributed by atoms with Crippen LogP contribution in [-0.4, -0.2) is 41.0 Å². The summed E-state index contributed by atoms with van der Waals surface area (Å²) in [6, 6.07) is 5.52. The van der Waals surface area contributed by atoms with Crippen molar-refractivity contribution in [3.05, 3.63) is 47.8 Å². The first-order valence-corrected chi connectivity index (χ1v) is 7.13. The molecule has 0 aliphatic heterocycles. The molecule has 0 fully saturated rings. The van der Waals surface area contributed by atoms with Gasteiger partial charge in [-0.15, -0.1) is 0 Å². The van der Waals surface area contributed by atoms with E-state index in [1.165, 1.54) is 37.5 Å². The zero-order chi connectivity index (χ0) is 14.8. The Bertz CT molecular complexity index is 710. The molecule has 1 aromatic carbocycles. The fraction of sp³-hybridized carbons (Fsp3) is 0.167. The maximum Gasteiger partial charge on any atom is 0.337 e. The highest BCUT2D eigenvalue weighted by Crippen LogP contribution is 2.20. The first-order chi connectivity index (χ1) is 9.43. The third-order valence-electron chi connectivity index (χ3n) is 2.77. The predicted octanol–water partition coefficient (Wildman–Crippen LogP) is 0.929. The van der Waals surface area contributed by atoms with Crippen molar-refractivity contribution in [3.63, 3.8) is 0 Å². The van der Waals surface area contributed by atoms with Crippen LogP contribution in [0.1, 0.15) is 15.9 Å². The predicted molar refractivity (Wildman–Crippen MR) is 70.6 cm³/mol. The van der Waals surface area contributed by atoms with Crippen molar-refractivity contribution in [2.75, 3.05) is 7.05 Å². The Morgan fingerprint density at radius 1 is 1.40 bits per heavy atom. The number of hydrogen-bond donors (Lipinski definition) is 2. The average Bonchev–Trinajstić information content (AvgIpc) is 2.91. The van der Waals surface area contributed by atoms with Gasteiger partial charge >= 0.3 is 5.97 Å². The molecule has 8 heteroatoms. The van der Waals surface area contributed by atoms with Crippen molar-refractivity contribution in [2.24, 2.45) is 0 Å². The van der Waals surface area contributed by atoms with E-state index < -0.39 is 16.0 Å². The molecule has 0 aliphatic rings. The van der Waals surface area contributed by atoms with E-state index in [0.29, 0.717) is 5.56 Å². The Morgan fingerprint density at radius 2 is 2.10 bits per heavy atom. The SMILES string of the molecule is CN(Cc1cn[nH]c1)S(=O)(=O)c1ccccc1C(=O)O. The highest BCUT2D eigenvalue weighted by atomic mass is 32.2. The van der Waals surface area contributed by atoms with Crippen LogP contribution in [-0.2, 0) is 16.6 Å². The molecule has 0 saturated heterocycles. The summed E-state index contributed by atoms with van der Waals surface area (Å²) >= 11 is 0. The van der Waals surface area contributed by atoms with Crippen molar-refractivity contribution in [1.29, 1.82) is 0 Å². The lowest BCUT2D eigenvalue weighted by molar-refractivity contribution is 0.0692. The molecule has 0 spiro atoms. The summed E-state index contributed by atoms with van der Waals surface area (Å²) in [6.45, 7) is 0.104. The molecule has 0 atom stereocenters. The molecule has 0 saturated carbocycles. The smallest absolute Gasteiger partial charge is 0.337 e. The van der Waals surface area contributed by atoms with Gasteiger partial charge in [-0.25, -0.2) is 13.2 Å². The number of carboxylic acids is 1. The number of carboxylic acid groups (broad SMARTS) is 1. The van der Waals surface area contributed by atoms with E-state index >= 15 is 0 Å². The number of sulfonamides is 1. The van der Waals surface area contributed by atoms with Crippen molar-refractivity contribution >= 4 is 16.0 Å². The van der Waals surface area contributed by atoms with Gasteiger partial charge < -0.3 is 5.11 Å². The molecule has 106 valence electrons. The fourth-order valence-electron chi connectivity index (χ4n) is 1.74. The lowest BCUT2D eigenvalue weighted by atomic mass is 10.2. The van der Waals surface area contributed by atoms with Crippen LogP contribution in [0.2, 0.25) is 0 Å². The van der Waals surface area contributed by atoms with Crippen LogP contribution in [0, 0.1) is 0 Å². The molecule has 20 heavy (non-hydrogen) atoms. The second-order valence-corrected chi connectivity index (χ2v) is 6.18. The Kier molecular flexibility index (Phi) is 3.86. The van der Waals surface area contributed by atoms with Crippen LogP contribution in [0.4, 0.5) is 0 Å². The van der Waals surface area contributed by atoms with Crippen molar-refractivity contribution in [1.82, 2.24) is 14.5 Å². The minimum Gasteiger partial charge on any atom is -0.478 e. The summed E-state index contributed by atoms with van der Waals surface area (Å²) in [4.78, 5) is 10.9. The van der Waals surface area contributed by atoms with Gasteiger partial charge in [-0.1, -0.05) is 12.1 Å². The van der Waals surface area contributed by atoms with E-state index in [-0.39, 0.29) is 17.0 Å². The molecule has 0 bridgehead atoms. The standard InChI is InChI=1S/C12H13N3O4S/c1-15(8-9-6-13-14-7-9)20(18,19)11-5-3-2-4-10(11)12(16)17/h2-7H,8H2,1H3,(H,13,14)(H,16,17). The maximum absolute atomic E-state index is 12.4. The first kappa shape index (κ1) is 14.2. The lowest BCUT2D eigenvalue weighted by Gasteiger charge is -2.17. The number of rotatable bonds is 5. The Hall–Kier alpha value is -2.19. The number of hydrogen-bond acceptors (Lipinski definition) is 4. The Balaban J connectivity index is 2.37. The van der Waals surface area contributed by atoms with Gasteiger partial charge in [0.1, 0.15) is 0 Å². The van der Waals surface area contributed by atoms with Crippen LogP contribution in [0.25, 0.3) is 0 Å². The van der Waals surface area contributed by atoms with E-state index in [1.807, 2.05) is 0 Å². The molecule has 2 N–H and O–H groups in total. The number of aromatic amines is 1. The minimum absolute atomic E-state index is 0.104. The van der Waals surface area contributed by atoms with Crippen LogP contribution >= 0.6 is 0 Å². The number of benzene rings is 1. The van der Waals surface area contributed by atoms with Crippen molar-refractivity contribution in [2.45, 2.75) is 11.4 Å². The topological polar surface area (TPSA) is 103 Å². The number of H-pyrrole nitrogens is 1. The molecule has 1 aromatic heterocycles. The number of nitrogens with zero attached hydrogens (tertiary/aromatic N) is 2. The summed E-state index contributed by atoms with van der Waals surface area (Å²) < 4.78 is 25.9. The van der Waals surface area contributed by atoms with Gasteiger partial charge in [0.15, 0.2) is 0 Å². The Labute approximate surface area is 115 Å². The summed E-state index contributed by atoms with van der Waals surface area (Å²) in [6.07, 6.45) is 3.09.